The molecule has 4 nitrogen and oxygen atoms in total. The smallest absolute Gasteiger partial charge is 0.196 e. The summed E-state index contributed by atoms with van der Waals surface area (Å²) in [6, 6.07) is -0.497. The van der Waals surface area contributed by atoms with Gasteiger partial charge in [0.1, 0.15) is 12.0 Å². The highest BCUT2D eigenvalue weighted by atomic mass is 16.3. The van der Waals surface area contributed by atoms with E-state index in [1.807, 2.05) is 6.92 Å². The van der Waals surface area contributed by atoms with Crippen molar-refractivity contribution in [3.8, 4) is 0 Å². The topological polar surface area (TPSA) is 69.1 Å². The van der Waals surface area contributed by atoms with Crippen LogP contribution in [0.2, 0.25) is 0 Å². The summed E-state index contributed by atoms with van der Waals surface area (Å²) >= 11 is 0. The summed E-state index contributed by atoms with van der Waals surface area (Å²) in [6.45, 7) is 3.28. The Bertz CT molecular complexity index is 280. The molecule has 2 N–H and O–H groups in total. The van der Waals surface area contributed by atoms with E-state index >= 15 is 0 Å². The zero-order chi connectivity index (χ0) is 9.14. The van der Waals surface area contributed by atoms with Crippen molar-refractivity contribution >= 4 is 5.78 Å². The van der Waals surface area contributed by atoms with Gasteiger partial charge >= 0.3 is 0 Å². The van der Waals surface area contributed by atoms with E-state index in [1.165, 1.54) is 6.92 Å². The fourth-order valence-corrected chi connectivity index (χ4v) is 0.828. The Kier molecular flexibility index (Phi) is 2.60. The van der Waals surface area contributed by atoms with Gasteiger partial charge in [-0.15, -0.1) is 0 Å². The third-order valence-electron chi connectivity index (χ3n) is 1.58. The number of nitrogens with zero attached hydrogens (tertiary/aromatic N) is 1. The summed E-state index contributed by atoms with van der Waals surface area (Å²) in [5.41, 5.74) is 6.31. The van der Waals surface area contributed by atoms with Crippen molar-refractivity contribution in [1.29, 1.82) is 0 Å². The van der Waals surface area contributed by atoms with Crippen LogP contribution in [0.25, 0.3) is 0 Å². The van der Waals surface area contributed by atoms with Crippen LogP contribution in [0.3, 0.4) is 0 Å². The van der Waals surface area contributed by atoms with Crippen LogP contribution in [0.15, 0.2) is 10.7 Å². The van der Waals surface area contributed by atoms with E-state index in [9.17, 15) is 4.79 Å². The Hall–Kier alpha value is -1.16. The number of carbonyl (C=O) groups is 1. The summed E-state index contributed by atoms with van der Waals surface area (Å²) in [4.78, 5) is 14.8. The molecular weight excluding hydrogens is 156 g/mol. The fraction of sp³-hybridized carbons (Fsp3) is 0.500. The number of oxazole rings is 1. The lowest BCUT2D eigenvalue weighted by molar-refractivity contribution is -0.118. The molecule has 0 spiro atoms. The minimum absolute atomic E-state index is 0.0501. The molecule has 0 radical (unpaired) electrons. The maximum absolute atomic E-state index is 10.8. The summed E-state index contributed by atoms with van der Waals surface area (Å²) in [6.07, 6.45) is 1.92. The molecule has 1 heterocycles. The van der Waals surface area contributed by atoms with Gasteiger partial charge in [-0.3, -0.25) is 4.79 Å². The van der Waals surface area contributed by atoms with Gasteiger partial charge in [-0.05, 0) is 13.8 Å². The van der Waals surface area contributed by atoms with Gasteiger partial charge in [-0.2, -0.15) is 0 Å². The molecule has 0 fully saturated rings. The normalized spacial score (nSPS) is 12.9. The predicted octanol–water partition coefficient (Wildman–Crippen LogP) is 0.442. The Balaban J connectivity index is 2.58. The van der Waals surface area contributed by atoms with Gasteiger partial charge in [0, 0.05) is 6.42 Å². The maximum atomic E-state index is 10.8. The highest BCUT2D eigenvalue weighted by Gasteiger charge is 2.11. The van der Waals surface area contributed by atoms with Crippen LogP contribution in [-0.2, 0) is 11.2 Å². The number of Topliss-reactive ketones (excluding diaryl/α,β-unsaturated/α-hetero) is 1. The maximum Gasteiger partial charge on any atom is 0.196 e. The van der Waals surface area contributed by atoms with Gasteiger partial charge in [0.2, 0.25) is 0 Å². The summed E-state index contributed by atoms with van der Waals surface area (Å²) in [5, 5.41) is 0. The average Bonchev–Trinajstić information content (AvgIpc) is 2.35. The van der Waals surface area contributed by atoms with Crippen molar-refractivity contribution in [3.05, 3.63) is 17.8 Å². The molecule has 0 bridgehead atoms. The Morgan fingerprint density at radius 1 is 1.83 bits per heavy atom. The standard InChI is InChI=1S/C8H12N2O2/c1-5-4-12-8(10-5)3-7(9)6(2)11/h4,7H,3,9H2,1-2H3. The van der Waals surface area contributed by atoms with Gasteiger partial charge in [0.15, 0.2) is 5.89 Å². The molecule has 0 saturated carbocycles. The number of aryl methyl sites for hydroxylation is 1. The molecule has 0 aliphatic rings. The molecule has 0 saturated heterocycles. The first-order valence-electron chi connectivity index (χ1n) is 3.76. The van der Waals surface area contributed by atoms with Crippen molar-refractivity contribution in [2.24, 2.45) is 5.73 Å². The Morgan fingerprint density at radius 2 is 2.50 bits per heavy atom. The second-order valence-corrected chi connectivity index (χ2v) is 2.80. The molecular formula is C8H12N2O2. The number of hydrogen-bond acceptors (Lipinski definition) is 4. The molecule has 0 aromatic carbocycles. The SMILES string of the molecule is CC(=O)C(N)Cc1nc(C)co1. The summed E-state index contributed by atoms with van der Waals surface area (Å²) < 4.78 is 5.04. The van der Waals surface area contributed by atoms with E-state index in [2.05, 4.69) is 4.98 Å². The van der Waals surface area contributed by atoms with Crippen molar-refractivity contribution in [2.45, 2.75) is 26.3 Å². The molecule has 0 aliphatic heterocycles. The minimum atomic E-state index is -0.497. The lowest BCUT2D eigenvalue weighted by atomic mass is 10.1. The van der Waals surface area contributed by atoms with E-state index < -0.39 is 6.04 Å². The largest absolute Gasteiger partial charge is 0.449 e. The van der Waals surface area contributed by atoms with Crippen LogP contribution in [0, 0.1) is 6.92 Å². The van der Waals surface area contributed by atoms with E-state index in [1.54, 1.807) is 6.26 Å². The average molecular weight is 168 g/mol. The van der Waals surface area contributed by atoms with Gasteiger partial charge in [0.05, 0.1) is 11.7 Å². The molecule has 0 aliphatic carbocycles. The lowest BCUT2D eigenvalue weighted by Gasteiger charge is -2.02. The Morgan fingerprint density at radius 3 is 2.92 bits per heavy atom. The minimum Gasteiger partial charge on any atom is -0.449 e. The zero-order valence-electron chi connectivity index (χ0n) is 7.20. The predicted molar refractivity (Wildman–Crippen MR) is 43.6 cm³/mol. The zero-order valence-corrected chi connectivity index (χ0v) is 7.20. The molecule has 0 amide bonds. The molecule has 4 heteroatoms. The second-order valence-electron chi connectivity index (χ2n) is 2.80. The molecule has 66 valence electrons. The van der Waals surface area contributed by atoms with E-state index in [4.69, 9.17) is 10.2 Å². The third-order valence-corrected chi connectivity index (χ3v) is 1.58. The molecule has 1 rings (SSSR count). The first-order valence-corrected chi connectivity index (χ1v) is 3.76. The van der Waals surface area contributed by atoms with Gasteiger partial charge in [-0.1, -0.05) is 0 Å². The summed E-state index contributed by atoms with van der Waals surface area (Å²) in [7, 11) is 0. The molecule has 12 heavy (non-hydrogen) atoms. The third kappa shape index (κ3) is 2.17. The van der Waals surface area contributed by atoms with Crippen LogP contribution >= 0.6 is 0 Å². The van der Waals surface area contributed by atoms with Crippen LogP contribution in [0.1, 0.15) is 18.5 Å². The van der Waals surface area contributed by atoms with Gasteiger partial charge in [-0.25, -0.2) is 4.98 Å². The quantitative estimate of drug-likeness (QED) is 0.711. The monoisotopic (exact) mass is 168 g/mol. The number of ketones is 1. The van der Waals surface area contributed by atoms with Crippen LogP contribution in [0.5, 0.6) is 0 Å². The fourth-order valence-electron chi connectivity index (χ4n) is 0.828. The van der Waals surface area contributed by atoms with E-state index in [-0.39, 0.29) is 5.78 Å². The van der Waals surface area contributed by atoms with Crippen molar-refractivity contribution in [3.63, 3.8) is 0 Å². The van der Waals surface area contributed by atoms with Crippen molar-refractivity contribution < 1.29 is 9.21 Å². The highest BCUT2D eigenvalue weighted by Crippen LogP contribution is 2.02. The number of carbonyl (C=O) groups excluding carboxylic acids is 1. The van der Waals surface area contributed by atoms with Crippen LogP contribution < -0.4 is 5.73 Å². The van der Waals surface area contributed by atoms with Crippen molar-refractivity contribution in [2.75, 3.05) is 0 Å². The number of nitrogens with two attached hydrogens (primary N) is 1. The first kappa shape index (κ1) is 8.93. The molecule has 1 aromatic heterocycles. The first-order chi connectivity index (χ1) is 5.59. The summed E-state index contributed by atoms with van der Waals surface area (Å²) in [5.74, 6) is 0.473. The van der Waals surface area contributed by atoms with Crippen LogP contribution in [-0.4, -0.2) is 16.8 Å². The number of hydrogen-bond donors (Lipinski definition) is 1. The lowest BCUT2D eigenvalue weighted by Crippen LogP contribution is -2.30. The van der Waals surface area contributed by atoms with Gasteiger partial charge in [0.25, 0.3) is 0 Å². The highest BCUT2D eigenvalue weighted by molar-refractivity contribution is 5.81. The molecule has 1 aromatic rings. The van der Waals surface area contributed by atoms with E-state index in [0.29, 0.717) is 12.3 Å². The molecule has 1 unspecified atom stereocenters. The van der Waals surface area contributed by atoms with Gasteiger partial charge < -0.3 is 10.2 Å². The number of rotatable bonds is 3. The second kappa shape index (κ2) is 3.49. The molecule has 1 atom stereocenters. The van der Waals surface area contributed by atoms with Crippen LogP contribution in [0.4, 0.5) is 0 Å². The van der Waals surface area contributed by atoms with Crippen molar-refractivity contribution in [1.82, 2.24) is 4.98 Å². The number of aromatic nitrogens is 1. The Labute approximate surface area is 70.8 Å². The van der Waals surface area contributed by atoms with E-state index in [0.717, 1.165) is 5.69 Å².